The fourth-order valence-electron chi connectivity index (χ4n) is 2.32. The molecule has 2 aromatic rings. The molecule has 27 heavy (non-hydrogen) atoms. The molecule has 0 saturated heterocycles. The minimum atomic E-state index is -0.537. The first-order valence-corrected chi connectivity index (χ1v) is 8.58. The van der Waals surface area contributed by atoms with E-state index in [9.17, 15) is 15.2 Å². The number of hydrogen-bond acceptors (Lipinski definition) is 5. The molecule has 0 spiro atoms. The van der Waals surface area contributed by atoms with Gasteiger partial charge < -0.3 is 19.9 Å². The number of nitriles is 1. The van der Waals surface area contributed by atoms with E-state index in [2.05, 4.69) is 5.32 Å². The maximum absolute atomic E-state index is 12.4. The molecule has 1 amide bonds. The topological polar surface area (TPSA) is 91.6 Å². The van der Waals surface area contributed by atoms with Crippen LogP contribution >= 0.6 is 0 Å². The third kappa shape index (κ3) is 5.79. The Balaban J connectivity index is 2.20. The van der Waals surface area contributed by atoms with Gasteiger partial charge in [-0.05, 0) is 56.7 Å². The number of amides is 1. The Bertz CT molecular complexity index is 882. The highest BCUT2D eigenvalue weighted by Crippen LogP contribution is 2.28. The lowest BCUT2D eigenvalue weighted by molar-refractivity contribution is -0.112. The van der Waals surface area contributed by atoms with Gasteiger partial charge in [-0.3, -0.25) is 4.79 Å². The zero-order valence-electron chi connectivity index (χ0n) is 15.5. The van der Waals surface area contributed by atoms with Gasteiger partial charge in [-0.15, -0.1) is 0 Å². The van der Waals surface area contributed by atoms with Crippen molar-refractivity contribution in [3.05, 3.63) is 53.6 Å². The van der Waals surface area contributed by atoms with Crippen LogP contribution in [0.2, 0.25) is 0 Å². The minimum Gasteiger partial charge on any atom is -0.504 e. The van der Waals surface area contributed by atoms with E-state index in [0.717, 1.165) is 0 Å². The van der Waals surface area contributed by atoms with Crippen LogP contribution in [0.5, 0.6) is 17.2 Å². The van der Waals surface area contributed by atoms with Crippen LogP contribution in [0, 0.1) is 11.3 Å². The van der Waals surface area contributed by atoms with Gasteiger partial charge in [-0.1, -0.05) is 12.1 Å². The highest BCUT2D eigenvalue weighted by atomic mass is 16.5. The van der Waals surface area contributed by atoms with Gasteiger partial charge in [0, 0.05) is 11.8 Å². The molecule has 2 N–H and O–H groups in total. The molecule has 0 atom stereocenters. The van der Waals surface area contributed by atoms with Gasteiger partial charge in [-0.25, -0.2) is 0 Å². The zero-order chi connectivity index (χ0) is 19.8. The zero-order valence-corrected chi connectivity index (χ0v) is 15.5. The molecule has 0 saturated carbocycles. The van der Waals surface area contributed by atoms with Gasteiger partial charge >= 0.3 is 0 Å². The first kappa shape index (κ1) is 19.9. The van der Waals surface area contributed by atoms with Crippen molar-refractivity contribution in [2.75, 3.05) is 11.9 Å². The van der Waals surface area contributed by atoms with Crippen molar-refractivity contribution in [1.29, 1.82) is 5.26 Å². The second kappa shape index (κ2) is 9.30. The molecule has 0 bridgehead atoms. The van der Waals surface area contributed by atoms with Crippen LogP contribution in [0.25, 0.3) is 6.08 Å². The molecular formula is C21H22N2O4. The Hall–Kier alpha value is -3.46. The molecule has 0 unspecified atom stereocenters. The molecule has 2 rings (SSSR count). The number of nitrogens with zero attached hydrogens (tertiary/aromatic N) is 1. The van der Waals surface area contributed by atoms with E-state index in [1.807, 2.05) is 19.9 Å². The molecule has 0 aromatic heterocycles. The maximum atomic E-state index is 12.4. The van der Waals surface area contributed by atoms with E-state index in [0.29, 0.717) is 29.4 Å². The summed E-state index contributed by atoms with van der Waals surface area (Å²) >= 11 is 0. The number of carbonyl (C=O) groups is 1. The van der Waals surface area contributed by atoms with Crippen molar-refractivity contribution in [2.24, 2.45) is 0 Å². The van der Waals surface area contributed by atoms with Gasteiger partial charge in [0.15, 0.2) is 11.5 Å². The fraction of sp³-hybridized carbons (Fsp3) is 0.238. The smallest absolute Gasteiger partial charge is 0.266 e. The molecule has 140 valence electrons. The van der Waals surface area contributed by atoms with Gasteiger partial charge in [0.05, 0.1) is 12.7 Å². The molecule has 0 fully saturated rings. The number of aromatic hydroxyl groups is 1. The number of nitrogens with one attached hydrogen (secondary N) is 1. The van der Waals surface area contributed by atoms with Crippen molar-refractivity contribution in [1.82, 2.24) is 0 Å². The van der Waals surface area contributed by atoms with Gasteiger partial charge in [0.1, 0.15) is 17.4 Å². The normalized spacial score (nSPS) is 11.0. The molecule has 6 nitrogen and oxygen atoms in total. The number of ether oxygens (including phenoxy) is 2. The maximum Gasteiger partial charge on any atom is 0.266 e. The van der Waals surface area contributed by atoms with Crippen molar-refractivity contribution in [3.8, 4) is 23.3 Å². The second-order valence-electron chi connectivity index (χ2n) is 5.98. The van der Waals surface area contributed by atoms with Gasteiger partial charge in [-0.2, -0.15) is 5.26 Å². The molecule has 2 aromatic carbocycles. The van der Waals surface area contributed by atoms with E-state index in [1.54, 1.807) is 43.3 Å². The summed E-state index contributed by atoms with van der Waals surface area (Å²) in [4.78, 5) is 12.4. The highest BCUT2D eigenvalue weighted by molar-refractivity contribution is 6.09. The van der Waals surface area contributed by atoms with Gasteiger partial charge in [0.25, 0.3) is 5.91 Å². The lowest BCUT2D eigenvalue weighted by Crippen LogP contribution is -2.13. The third-order valence-corrected chi connectivity index (χ3v) is 3.42. The molecule has 0 heterocycles. The average Bonchev–Trinajstić information content (AvgIpc) is 2.62. The number of phenolic OH excluding ortho intramolecular Hbond substituents is 1. The van der Waals surface area contributed by atoms with Crippen LogP contribution in [-0.2, 0) is 4.79 Å². The van der Waals surface area contributed by atoms with Gasteiger partial charge in [0.2, 0.25) is 0 Å². The number of carbonyl (C=O) groups excluding carboxylic acids is 1. The lowest BCUT2D eigenvalue weighted by atomic mass is 10.1. The van der Waals surface area contributed by atoms with Crippen LogP contribution in [0.15, 0.2) is 48.0 Å². The van der Waals surface area contributed by atoms with Crippen LogP contribution < -0.4 is 14.8 Å². The Morgan fingerprint density at radius 2 is 2.07 bits per heavy atom. The fourth-order valence-corrected chi connectivity index (χ4v) is 2.32. The summed E-state index contributed by atoms with van der Waals surface area (Å²) in [5, 5.41) is 21.8. The molecule has 0 aliphatic rings. The van der Waals surface area contributed by atoms with E-state index < -0.39 is 5.91 Å². The molecule has 0 radical (unpaired) electrons. The van der Waals surface area contributed by atoms with Crippen LogP contribution in [0.4, 0.5) is 5.69 Å². The largest absolute Gasteiger partial charge is 0.504 e. The minimum absolute atomic E-state index is 0.000994. The number of anilines is 1. The molecular weight excluding hydrogens is 344 g/mol. The molecule has 6 heteroatoms. The molecule has 0 aliphatic carbocycles. The predicted molar refractivity (Wildman–Crippen MR) is 104 cm³/mol. The SMILES string of the molecule is CCOc1cc(/C=C(/C#N)C(=O)Nc2cccc(OC(C)C)c2)ccc1O. The predicted octanol–water partition coefficient (Wildman–Crippen LogP) is 4.12. The summed E-state index contributed by atoms with van der Waals surface area (Å²) in [5.41, 5.74) is 1.03. The Morgan fingerprint density at radius 1 is 1.30 bits per heavy atom. The molecule has 0 aliphatic heterocycles. The Labute approximate surface area is 158 Å². The van der Waals surface area contributed by atoms with Crippen molar-refractivity contribution >= 4 is 17.7 Å². The first-order chi connectivity index (χ1) is 12.9. The number of phenols is 1. The van der Waals surface area contributed by atoms with Crippen LogP contribution in [0.1, 0.15) is 26.3 Å². The monoisotopic (exact) mass is 366 g/mol. The Kier molecular flexibility index (Phi) is 6.84. The Morgan fingerprint density at radius 3 is 2.74 bits per heavy atom. The summed E-state index contributed by atoms with van der Waals surface area (Å²) in [5.74, 6) is 0.386. The number of hydrogen-bond donors (Lipinski definition) is 2. The number of rotatable bonds is 7. The summed E-state index contributed by atoms with van der Waals surface area (Å²) in [6.07, 6.45) is 1.45. The standard InChI is InChI=1S/C21H22N2O4/c1-4-26-20-11-15(8-9-19(20)24)10-16(13-22)21(25)23-17-6-5-7-18(12-17)27-14(2)3/h5-12,14,24H,4H2,1-3H3,(H,23,25)/b16-10-. The van der Waals surface area contributed by atoms with Crippen LogP contribution in [0.3, 0.4) is 0 Å². The number of benzene rings is 2. The lowest BCUT2D eigenvalue weighted by Gasteiger charge is -2.11. The highest BCUT2D eigenvalue weighted by Gasteiger charge is 2.11. The summed E-state index contributed by atoms with van der Waals surface area (Å²) in [6.45, 7) is 6.01. The van der Waals surface area contributed by atoms with Crippen LogP contribution in [-0.4, -0.2) is 23.7 Å². The van der Waals surface area contributed by atoms with Crippen molar-refractivity contribution in [3.63, 3.8) is 0 Å². The first-order valence-electron chi connectivity index (χ1n) is 8.58. The van der Waals surface area contributed by atoms with E-state index in [1.165, 1.54) is 12.1 Å². The van der Waals surface area contributed by atoms with E-state index >= 15 is 0 Å². The van der Waals surface area contributed by atoms with E-state index in [4.69, 9.17) is 9.47 Å². The second-order valence-corrected chi connectivity index (χ2v) is 5.98. The van der Waals surface area contributed by atoms with Crippen molar-refractivity contribution in [2.45, 2.75) is 26.9 Å². The summed E-state index contributed by atoms with van der Waals surface area (Å²) < 4.78 is 10.9. The average molecular weight is 366 g/mol. The summed E-state index contributed by atoms with van der Waals surface area (Å²) in [6, 6.07) is 13.5. The summed E-state index contributed by atoms with van der Waals surface area (Å²) in [7, 11) is 0. The third-order valence-electron chi connectivity index (χ3n) is 3.42. The quantitative estimate of drug-likeness (QED) is 0.568. The van der Waals surface area contributed by atoms with E-state index in [-0.39, 0.29) is 17.4 Å². The van der Waals surface area contributed by atoms with Crippen molar-refractivity contribution < 1.29 is 19.4 Å².